The molecule has 0 bridgehead atoms. The van der Waals surface area contributed by atoms with Crippen LogP contribution in [0.5, 0.6) is 0 Å². The zero-order valence-corrected chi connectivity index (χ0v) is 11.9. The standard InChI is InChI=1S/C14H11Cl2N3O/c15-9-3-1-2-8(6-9)10-7-11(10)13(20)18-12-4-5-17-14(16)19-12/h1-6,10-11H,7H2,(H,17,18,19,20)/t10-,11+/m1/s1. The minimum atomic E-state index is -0.0512. The van der Waals surface area contributed by atoms with E-state index in [4.69, 9.17) is 23.2 Å². The van der Waals surface area contributed by atoms with Crippen LogP contribution < -0.4 is 5.32 Å². The minimum Gasteiger partial charge on any atom is -0.310 e. The molecule has 1 aliphatic rings. The summed E-state index contributed by atoms with van der Waals surface area (Å²) < 4.78 is 0. The number of rotatable bonds is 3. The number of anilines is 1. The van der Waals surface area contributed by atoms with Crippen LogP contribution in [0.1, 0.15) is 17.9 Å². The highest BCUT2D eigenvalue weighted by atomic mass is 35.5. The van der Waals surface area contributed by atoms with Crippen LogP contribution >= 0.6 is 23.2 Å². The lowest BCUT2D eigenvalue weighted by Gasteiger charge is -2.04. The van der Waals surface area contributed by atoms with Crippen LogP contribution in [0.4, 0.5) is 5.82 Å². The second-order valence-electron chi connectivity index (χ2n) is 4.70. The molecule has 1 saturated carbocycles. The van der Waals surface area contributed by atoms with Crippen LogP contribution in [0.25, 0.3) is 0 Å². The van der Waals surface area contributed by atoms with Crippen LogP contribution in [0, 0.1) is 5.92 Å². The van der Waals surface area contributed by atoms with Gasteiger partial charge < -0.3 is 5.32 Å². The van der Waals surface area contributed by atoms with E-state index in [0.29, 0.717) is 10.8 Å². The third kappa shape index (κ3) is 2.92. The van der Waals surface area contributed by atoms with Crippen molar-refractivity contribution in [3.05, 3.63) is 52.4 Å². The van der Waals surface area contributed by atoms with Gasteiger partial charge in [-0.05, 0) is 47.7 Å². The first kappa shape index (κ1) is 13.3. The molecule has 1 aromatic heterocycles. The third-order valence-corrected chi connectivity index (χ3v) is 3.70. The molecular weight excluding hydrogens is 297 g/mol. The maximum atomic E-state index is 12.1. The molecule has 1 amide bonds. The van der Waals surface area contributed by atoms with E-state index in [1.54, 1.807) is 6.07 Å². The van der Waals surface area contributed by atoms with Crippen molar-refractivity contribution >= 4 is 34.9 Å². The molecule has 1 fully saturated rings. The Morgan fingerprint density at radius 2 is 2.15 bits per heavy atom. The van der Waals surface area contributed by atoms with Gasteiger partial charge in [0.25, 0.3) is 0 Å². The molecule has 3 rings (SSSR count). The molecule has 1 aromatic carbocycles. The van der Waals surface area contributed by atoms with Gasteiger partial charge in [-0.3, -0.25) is 4.79 Å². The number of amides is 1. The highest BCUT2D eigenvalue weighted by Crippen LogP contribution is 2.48. The van der Waals surface area contributed by atoms with Gasteiger partial charge in [0, 0.05) is 17.1 Å². The predicted molar refractivity (Wildman–Crippen MR) is 78.0 cm³/mol. The Labute approximate surface area is 126 Å². The molecule has 0 spiro atoms. The van der Waals surface area contributed by atoms with Crippen LogP contribution in [-0.4, -0.2) is 15.9 Å². The highest BCUT2D eigenvalue weighted by molar-refractivity contribution is 6.30. The lowest BCUT2D eigenvalue weighted by Crippen LogP contribution is -2.15. The first-order valence-corrected chi connectivity index (χ1v) is 6.94. The molecule has 102 valence electrons. The van der Waals surface area contributed by atoms with Gasteiger partial charge in [-0.15, -0.1) is 0 Å². The average molecular weight is 308 g/mol. The monoisotopic (exact) mass is 307 g/mol. The van der Waals surface area contributed by atoms with Crippen LogP contribution in [0.2, 0.25) is 10.3 Å². The molecule has 1 aliphatic carbocycles. The first-order chi connectivity index (χ1) is 9.63. The molecule has 4 nitrogen and oxygen atoms in total. The van der Waals surface area contributed by atoms with E-state index in [9.17, 15) is 4.79 Å². The Kier molecular flexibility index (Phi) is 3.59. The summed E-state index contributed by atoms with van der Waals surface area (Å²) in [4.78, 5) is 19.8. The molecule has 2 aromatic rings. The number of aromatic nitrogens is 2. The highest BCUT2D eigenvalue weighted by Gasteiger charge is 2.44. The molecule has 0 aliphatic heterocycles. The maximum Gasteiger partial charge on any atom is 0.229 e. The fraction of sp³-hybridized carbons (Fsp3) is 0.214. The quantitative estimate of drug-likeness (QED) is 0.883. The van der Waals surface area contributed by atoms with E-state index in [1.807, 2.05) is 24.3 Å². The van der Waals surface area contributed by atoms with Crippen LogP contribution in [0.15, 0.2) is 36.5 Å². The molecule has 20 heavy (non-hydrogen) atoms. The normalized spacial score (nSPS) is 20.5. The zero-order chi connectivity index (χ0) is 14.1. The number of halogens is 2. The molecule has 0 unspecified atom stereocenters. The number of carbonyl (C=O) groups excluding carboxylic acids is 1. The van der Waals surface area contributed by atoms with E-state index < -0.39 is 0 Å². The smallest absolute Gasteiger partial charge is 0.229 e. The minimum absolute atomic E-state index is 0.0396. The zero-order valence-electron chi connectivity index (χ0n) is 10.4. The first-order valence-electron chi connectivity index (χ1n) is 6.18. The Bertz CT molecular complexity index is 662. The summed E-state index contributed by atoms with van der Waals surface area (Å²) >= 11 is 11.6. The van der Waals surface area contributed by atoms with Crippen molar-refractivity contribution in [2.24, 2.45) is 5.92 Å². The molecule has 2 atom stereocenters. The molecule has 0 saturated heterocycles. The Morgan fingerprint density at radius 3 is 2.90 bits per heavy atom. The number of carbonyl (C=O) groups is 1. The van der Waals surface area contributed by atoms with Crippen molar-refractivity contribution in [1.82, 2.24) is 9.97 Å². The fourth-order valence-corrected chi connectivity index (χ4v) is 2.56. The van der Waals surface area contributed by atoms with E-state index in [0.717, 1.165) is 12.0 Å². The molecule has 6 heteroatoms. The van der Waals surface area contributed by atoms with E-state index in [1.165, 1.54) is 6.20 Å². The van der Waals surface area contributed by atoms with Gasteiger partial charge >= 0.3 is 0 Å². The summed E-state index contributed by atoms with van der Waals surface area (Å²) in [6.45, 7) is 0. The van der Waals surface area contributed by atoms with Crippen molar-refractivity contribution in [3.8, 4) is 0 Å². The van der Waals surface area contributed by atoms with Crippen LogP contribution in [0.3, 0.4) is 0 Å². The second kappa shape index (κ2) is 5.38. The molecular formula is C14H11Cl2N3O. The van der Waals surface area contributed by atoms with Crippen molar-refractivity contribution in [2.75, 3.05) is 5.32 Å². The molecule has 1 N–H and O–H groups in total. The summed E-state index contributed by atoms with van der Waals surface area (Å²) in [5, 5.41) is 3.56. The maximum absolute atomic E-state index is 12.1. The van der Waals surface area contributed by atoms with Gasteiger partial charge in [0.05, 0.1) is 0 Å². The lowest BCUT2D eigenvalue weighted by atomic mass is 10.1. The van der Waals surface area contributed by atoms with E-state index in [2.05, 4.69) is 15.3 Å². The summed E-state index contributed by atoms with van der Waals surface area (Å²) in [5.41, 5.74) is 1.10. The summed E-state index contributed by atoms with van der Waals surface area (Å²) in [6.07, 6.45) is 2.33. The van der Waals surface area contributed by atoms with Gasteiger partial charge in [-0.2, -0.15) is 0 Å². The van der Waals surface area contributed by atoms with Crippen molar-refractivity contribution < 1.29 is 4.79 Å². The molecule has 1 heterocycles. The van der Waals surface area contributed by atoms with Gasteiger partial charge in [0.1, 0.15) is 5.82 Å². The third-order valence-electron chi connectivity index (χ3n) is 3.28. The predicted octanol–water partition coefficient (Wildman–Crippen LogP) is 3.53. The van der Waals surface area contributed by atoms with E-state index >= 15 is 0 Å². The van der Waals surface area contributed by atoms with Crippen LogP contribution in [-0.2, 0) is 4.79 Å². The second-order valence-corrected chi connectivity index (χ2v) is 5.48. The SMILES string of the molecule is O=C(Nc1ccnc(Cl)n1)[C@H]1C[C@@H]1c1cccc(Cl)c1. The Balaban J connectivity index is 1.66. The Morgan fingerprint density at radius 1 is 1.30 bits per heavy atom. The van der Waals surface area contributed by atoms with Crippen molar-refractivity contribution in [2.45, 2.75) is 12.3 Å². The van der Waals surface area contributed by atoms with E-state index in [-0.39, 0.29) is 23.0 Å². The van der Waals surface area contributed by atoms with Gasteiger partial charge in [0.15, 0.2) is 0 Å². The van der Waals surface area contributed by atoms with Gasteiger partial charge in [-0.25, -0.2) is 9.97 Å². The summed E-state index contributed by atoms with van der Waals surface area (Å²) in [6, 6.07) is 9.23. The number of benzene rings is 1. The largest absolute Gasteiger partial charge is 0.310 e. The van der Waals surface area contributed by atoms with Gasteiger partial charge in [-0.1, -0.05) is 23.7 Å². The molecule has 0 radical (unpaired) electrons. The average Bonchev–Trinajstić information content (AvgIpc) is 3.19. The van der Waals surface area contributed by atoms with Gasteiger partial charge in [0.2, 0.25) is 11.2 Å². The summed E-state index contributed by atoms with van der Waals surface area (Å²) in [5.74, 6) is 0.560. The lowest BCUT2D eigenvalue weighted by molar-refractivity contribution is -0.117. The number of nitrogens with one attached hydrogen (secondary N) is 1. The number of hydrogen-bond acceptors (Lipinski definition) is 3. The number of hydrogen-bond donors (Lipinski definition) is 1. The number of nitrogens with zero attached hydrogens (tertiary/aromatic N) is 2. The fourth-order valence-electron chi connectivity index (χ4n) is 2.21. The topological polar surface area (TPSA) is 54.9 Å². The van der Waals surface area contributed by atoms with Crippen molar-refractivity contribution in [1.29, 1.82) is 0 Å². The van der Waals surface area contributed by atoms with Crippen molar-refractivity contribution in [3.63, 3.8) is 0 Å². The Hall–Kier alpha value is -1.65. The summed E-state index contributed by atoms with van der Waals surface area (Å²) in [7, 11) is 0.